The van der Waals surface area contributed by atoms with E-state index in [2.05, 4.69) is 5.92 Å². The highest BCUT2D eigenvalue weighted by Crippen LogP contribution is 2.26. The van der Waals surface area contributed by atoms with Gasteiger partial charge in [-0.3, -0.25) is 4.79 Å². The zero-order valence-corrected chi connectivity index (χ0v) is 13.9. The number of halogens is 2. The lowest BCUT2D eigenvalue weighted by molar-refractivity contribution is 0.0756. The van der Waals surface area contributed by atoms with Gasteiger partial charge in [0.15, 0.2) is 0 Å². The molecule has 0 spiro atoms. The van der Waals surface area contributed by atoms with Gasteiger partial charge < -0.3 is 9.47 Å². The van der Waals surface area contributed by atoms with Crippen LogP contribution in [0.2, 0.25) is 10.2 Å². The highest BCUT2D eigenvalue weighted by atomic mass is 35.5. The quantitative estimate of drug-likeness (QED) is 0.778. The molecule has 0 saturated carbocycles. The first kappa shape index (κ1) is 16.5. The number of aromatic nitrogens is 1. The molecule has 0 bridgehead atoms. The van der Waals surface area contributed by atoms with Gasteiger partial charge in [-0.1, -0.05) is 59.0 Å². The largest absolute Gasteiger partial charge is 0.329 e. The van der Waals surface area contributed by atoms with Crippen molar-refractivity contribution in [2.45, 2.75) is 13.5 Å². The maximum absolute atomic E-state index is 12.7. The van der Waals surface area contributed by atoms with E-state index in [-0.39, 0.29) is 12.5 Å². The first-order valence-corrected chi connectivity index (χ1v) is 7.48. The zero-order chi connectivity index (χ0) is 16.3. The lowest BCUT2D eigenvalue weighted by Gasteiger charge is -2.21. The Bertz CT molecular complexity index is 726. The molecule has 1 heterocycles. The molecule has 0 aliphatic rings. The predicted octanol–water partition coefficient (Wildman–Crippen LogP) is 3.92. The molecule has 3 nitrogen and oxygen atoms in total. The van der Waals surface area contributed by atoms with Crippen molar-refractivity contribution in [3.8, 4) is 12.3 Å². The highest BCUT2D eigenvalue weighted by Gasteiger charge is 2.21. The lowest BCUT2D eigenvalue weighted by atomic mass is 10.1. The van der Waals surface area contributed by atoms with E-state index in [1.54, 1.807) is 22.6 Å². The Kier molecular flexibility index (Phi) is 5.18. The Labute approximate surface area is 140 Å². The molecule has 1 aromatic heterocycles. The van der Waals surface area contributed by atoms with E-state index in [4.69, 9.17) is 29.6 Å². The number of hydrogen-bond acceptors (Lipinski definition) is 1. The molecule has 0 aliphatic heterocycles. The summed E-state index contributed by atoms with van der Waals surface area (Å²) in [5.41, 5.74) is 2.59. The second kappa shape index (κ2) is 6.91. The maximum Gasteiger partial charge on any atom is 0.271 e. The standard InChI is InChI=1S/C17H16Cl2N2O/c1-4-9-21(11-13-7-5-12(2)6-8-13)17(22)15-10-14(18)16(19)20(15)3/h1,5-8,10H,9,11H2,2-3H3. The molecule has 0 saturated heterocycles. The molecule has 1 aromatic carbocycles. The number of rotatable bonds is 4. The molecule has 5 heteroatoms. The van der Waals surface area contributed by atoms with E-state index in [1.165, 1.54) is 5.56 Å². The van der Waals surface area contributed by atoms with Crippen molar-refractivity contribution in [3.63, 3.8) is 0 Å². The molecule has 2 aromatic rings. The summed E-state index contributed by atoms with van der Waals surface area (Å²) in [7, 11) is 1.70. The van der Waals surface area contributed by atoms with Crippen molar-refractivity contribution >= 4 is 29.1 Å². The summed E-state index contributed by atoms with van der Waals surface area (Å²) in [6.07, 6.45) is 5.39. The van der Waals surface area contributed by atoms with Gasteiger partial charge in [0.2, 0.25) is 0 Å². The minimum Gasteiger partial charge on any atom is -0.329 e. The number of carbonyl (C=O) groups is 1. The van der Waals surface area contributed by atoms with Gasteiger partial charge in [0.25, 0.3) is 5.91 Å². The molecule has 0 unspecified atom stereocenters. The van der Waals surface area contributed by atoms with E-state index in [0.29, 0.717) is 22.4 Å². The van der Waals surface area contributed by atoms with Gasteiger partial charge in [-0.25, -0.2) is 0 Å². The zero-order valence-electron chi connectivity index (χ0n) is 12.4. The molecule has 22 heavy (non-hydrogen) atoms. The van der Waals surface area contributed by atoms with Gasteiger partial charge >= 0.3 is 0 Å². The van der Waals surface area contributed by atoms with Crippen molar-refractivity contribution in [1.82, 2.24) is 9.47 Å². The van der Waals surface area contributed by atoms with E-state index in [9.17, 15) is 4.79 Å². The summed E-state index contributed by atoms with van der Waals surface area (Å²) in [6.45, 7) is 2.67. The van der Waals surface area contributed by atoms with Crippen LogP contribution in [0.5, 0.6) is 0 Å². The number of nitrogens with zero attached hydrogens (tertiary/aromatic N) is 2. The number of carbonyl (C=O) groups excluding carboxylic acids is 1. The first-order chi connectivity index (χ1) is 10.4. The van der Waals surface area contributed by atoms with E-state index in [1.807, 2.05) is 31.2 Å². The molecular formula is C17H16Cl2N2O. The number of benzene rings is 1. The molecule has 0 N–H and O–H groups in total. The van der Waals surface area contributed by atoms with Gasteiger partial charge in [-0.05, 0) is 18.6 Å². The van der Waals surface area contributed by atoms with Crippen molar-refractivity contribution in [1.29, 1.82) is 0 Å². The molecule has 1 amide bonds. The van der Waals surface area contributed by atoms with Gasteiger partial charge in [0.1, 0.15) is 10.8 Å². The van der Waals surface area contributed by atoms with Crippen LogP contribution in [0.4, 0.5) is 0 Å². The van der Waals surface area contributed by atoms with Crippen LogP contribution in [0, 0.1) is 19.3 Å². The van der Waals surface area contributed by atoms with Crippen LogP contribution >= 0.6 is 23.2 Å². The van der Waals surface area contributed by atoms with E-state index >= 15 is 0 Å². The maximum atomic E-state index is 12.7. The van der Waals surface area contributed by atoms with Crippen LogP contribution in [0.25, 0.3) is 0 Å². The van der Waals surface area contributed by atoms with E-state index in [0.717, 1.165) is 5.56 Å². The Morgan fingerprint density at radius 1 is 1.32 bits per heavy atom. The fourth-order valence-electron chi connectivity index (χ4n) is 2.13. The molecular weight excluding hydrogens is 319 g/mol. The summed E-state index contributed by atoms with van der Waals surface area (Å²) >= 11 is 12.0. The van der Waals surface area contributed by atoms with Crippen molar-refractivity contribution < 1.29 is 4.79 Å². The Morgan fingerprint density at radius 2 is 1.95 bits per heavy atom. The van der Waals surface area contributed by atoms with Crippen molar-refractivity contribution in [3.05, 3.63) is 57.3 Å². The molecule has 0 radical (unpaired) electrons. The average molecular weight is 335 g/mol. The van der Waals surface area contributed by atoms with Crippen LogP contribution < -0.4 is 0 Å². The smallest absolute Gasteiger partial charge is 0.271 e. The topological polar surface area (TPSA) is 25.2 Å². The van der Waals surface area contributed by atoms with Crippen LogP contribution in [0.1, 0.15) is 21.6 Å². The minimum absolute atomic E-state index is 0.199. The summed E-state index contributed by atoms with van der Waals surface area (Å²) in [6, 6.07) is 9.53. The SMILES string of the molecule is C#CCN(Cc1ccc(C)cc1)C(=O)c1cc(Cl)c(Cl)n1C. The van der Waals surface area contributed by atoms with Crippen molar-refractivity contribution in [2.24, 2.45) is 7.05 Å². The molecule has 0 fully saturated rings. The van der Waals surface area contributed by atoms with Gasteiger partial charge in [-0.15, -0.1) is 6.42 Å². The third kappa shape index (κ3) is 3.47. The molecule has 0 aliphatic carbocycles. The third-order valence-electron chi connectivity index (χ3n) is 3.40. The lowest BCUT2D eigenvalue weighted by Crippen LogP contribution is -2.32. The summed E-state index contributed by atoms with van der Waals surface area (Å²) in [4.78, 5) is 14.3. The monoisotopic (exact) mass is 334 g/mol. The number of terminal acetylenes is 1. The Hall–Kier alpha value is -1.89. The third-order valence-corrected chi connectivity index (χ3v) is 4.24. The Morgan fingerprint density at radius 3 is 2.45 bits per heavy atom. The van der Waals surface area contributed by atoms with Crippen LogP contribution in [0.15, 0.2) is 30.3 Å². The van der Waals surface area contributed by atoms with E-state index < -0.39 is 0 Å². The summed E-state index contributed by atoms with van der Waals surface area (Å²) < 4.78 is 1.56. The fraction of sp³-hybridized carbons (Fsp3) is 0.235. The summed E-state index contributed by atoms with van der Waals surface area (Å²) in [5.74, 6) is 2.32. The molecule has 0 atom stereocenters. The molecule has 114 valence electrons. The normalized spacial score (nSPS) is 10.3. The predicted molar refractivity (Wildman–Crippen MR) is 90.2 cm³/mol. The van der Waals surface area contributed by atoms with Crippen LogP contribution in [0.3, 0.4) is 0 Å². The number of aryl methyl sites for hydroxylation is 1. The second-order valence-electron chi connectivity index (χ2n) is 5.08. The van der Waals surface area contributed by atoms with Gasteiger partial charge in [0, 0.05) is 13.6 Å². The average Bonchev–Trinajstić information content (AvgIpc) is 2.76. The van der Waals surface area contributed by atoms with Gasteiger partial charge in [0.05, 0.1) is 11.6 Å². The van der Waals surface area contributed by atoms with Crippen LogP contribution in [-0.4, -0.2) is 21.9 Å². The van der Waals surface area contributed by atoms with Crippen LogP contribution in [-0.2, 0) is 13.6 Å². The van der Waals surface area contributed by atoms with Gasteiger partial charge in [-0.2, -0.15) is 0 Å². The molecule has 2 rings (SSSR count). The number of amides is 1. The Balaban J connectivity index is 2.27. The summed E-state index contributed by atoms with van der Waals surface area (Å²) in [5, 5.41) is 0.685. The minimum atomic E-state index is -0.199. The van der Waals surface area contributed by atoms with Crippen molar-refractivity contribution in [2.75, 3.05) is 6.54 Å². The first-order valence-electron chi connectivity index (χ1n) is 6.73. The second-order valence-corrected chi connectivity index (χ2v) is 5.84. The highest BCUT2D eigenvalue weighted by molar-refractivity contribution is 6.41. The number of hydrogen-bond donors (Lipinski definition) is 0. The fourth-order valence-corrected chi connectivity index (χ4v) is 2.51.